The highest BCUT2D eigenvalue weighted by Gasteiger charge is 2.08. The third kappa shape index (κ3) is 3.05. The Morgan fingerprint density at radius 1 is 0.941 bits per heavy atom. The van der Waals surface area contributed by atoms with Crippen molar-refractivity contribution in [3.63, 3.8) is 0 Å². The summed E-state index contributed by atoms with van der Waals surface area (Å²) in [6, 6.07) is 14.5. The molecule has 0 spiro atoms. The van der Waals surface area contributed by atoms with Crippen LogP contribution in [0, 0.1) is 3.57 Å². The van der Waals surface area contributed by atoms with Crippen molar-refractivity contribution in [1.82, 2.24) is 0 Å². The van der Waals surface area contributed by atoms with E-state index in [-0.39, 0.29) is 4.90 Å². The van der Waals surface area contributed by atoms with E-state index in [1.807, 2.05) is 30.3 Å². The van der Waals surface area contributed by atoms with Gasteiger partial charge in [0.25, 0.3) is 0 Å². The molecule has 0 atom stereocenters. The highest BCUT2D eigenvalue weighted by atomic mass is 127. The van der Waals surface area contributed by atoms with E-state index in [2.05, 4.69) is 22.6 Å². The minimum absolute atomic E-state index is 0.133. The van der Waals surface area contributed by atoms with E-state index in [1.165, 1.54) is 6.07 Å². The van der Waals surface area contributed by atoms with E-state index in [0.717, 1.165) is 14.7 Å². The van der Waals surface area contributed by atoms with Gasteiger partial charge < -0.3 is 0 Å². The monoisotopic (exact) mass is 359 g/mol. The average molecular weight is 359 g/mol. The Hall–Kier alpha value is -0.920. The normalized spacial score (nSPS) is 11.4. The van der Waals surface area contributed by atoms with Crippen LogP contribution in [0.2, 0.25) is 0 Å². The number of hydrogen-bond acceptors (Lipinski definition) is 2. The number of nitrogens with two attached hydrogens (primary N) is 1. The van der Waals surface area contributed by atoms with Gasteiger partial charge in [0.05, 0.1) is 4.90 Å². The van der Waals surface area contributed by atoms with Crippen LogP contribution in [0.15, 0.2) is 53.4 Å². The van der Waals surface area contributed by atoms with Gasteiger partial charge in [-0.1, -0.05) is 24.3 Å². The summed E-state index contributed by atoms with van der Waals surface area (Å²) in [6.07, 6.45) is 0. The largest absolute Gasteiger partial charge is 0.238 e. The standard InChI is InChI=1S/C12H10INO2S/c13-11-6-4-9(5-7-11)10-2-1-3-12(8-10)17(14,15)16/h1-8H,(H2,14,15,16). The fourth-order valence-electron chi connectivity index (χ4n) is 1.49. The Morgan fingerprint density at radius 2 is 1.59 bits per heavy atom. The maximum Gasteiger partial charge on any atom is 0.238 e. The van der Waals surface area contributed by atoms with E-state index in [9.17, 15) is 8.42 Å². The molecule has 0 saturated heterocycles. The lowest BCUT2D eigenvalue weighted by atomic mass is 10.1. The molecule has 0 aliphatic rings. The van der Waals surface area contributed by atoms with Crippen LogP contribution in [0.4, 0.5) is 0 Å². The summed E-state index contributed by atoms with van der Waals surface area (Å²) in [5.74, 6) is 0. The predicted octanol–water partition coefficient (Wildman–Crippen LogP) is 2.61. The van der Waals surface area contributed by atoms with Gasteiger partial charge in [-0.2, -0.15) is 0 Å². The molecule has 5 heteroatoms. The van der Waals surface area contributed by atoms with E-state index >= 15 is 0 Å². The van der Waals surface area contributed by atoms with E-state index < -0.39 is 10.0 Å². The first-order valence-corrected chi connectivity index (χ1v) is 7.48. The molecular formula is C12H10INO2S. The molecule has 17 heavy (non-hydrogen) atoms. The first-order chi connectivity index (χ1) is 7.97. The molecule has 3 nitrogen and oxygen atoms in total. The predicted molar refractivity (Wildman–Crippen MR) is 76.0 cm³/mol. The maximum atomic E-state index is 11.2. The topological polar surface area (TPSA) is 60.2 Å². The second kappa shape index (κ2) is 4.75. The molecule has 0 aromatic heterocycles. The molecule has 0 fully saturated rings. The molecule has 0 bridgehead atoms. The Balaban J connectivity index is 2.50. The van der Waals surface area contributed by atoms with Crippen molar-refractivity contribution in [3.05, 3.63) is 52.1 Å². The fraction of sp³-hybridized carbons (Fsp3) is 0. The first-order valence-electron chi connectivity index (χ1n) is 4.85. The number of halogens is 1. The van der Waals surface area contributed by atoms with Gasteiger partial charge in [-0.3, -0.25) is 0 Å². The number of rotatable bonds is 2. The van der Waals surface area contributed by atoms with Crippen LogP contribution >= 0.6 is 22.6 Å². The van der Waals surface area contributed by atoms with Gasteiger partial charge in [0.15, 0.2) is 0 Å². The zero-order valence-corrected chi connectivity index (χ0v) is 11.8. The quantitative estimate of drug-likeness (QED) is 0.838. The number of primary sulfonamides is 1. The lowest BCUT2D eigenvalue weighted by Crippen LogP contribution is -2.11. The van der Waals surface area contributed by atoms with Gasteiger partial charge in [0.1, 0.15) is 0 Å². The van der Waals surface area contributed by atoms with Crippen LogP contribution in [0.3, 0.4) is 0 Å². The zero-order valence-electron chi connectivity index (χ0n) is 8.80. The zero-order chi connectivity index (χ0) is 12.5. The summed E-state index contributed by atoms with van der Waals surface area (Å²) in [4.78, 5) is 0.133. The molecular weight excluding hydrogens is 349 g/mol. The van der Waals surface area contributed by atoms with Crippen LogP contribution in [0.25, 0.3) is 11.1 Å². The molecule has 2 aromatic carbocycles. The minimum atomic E-state index is -3.64. The van der Waals surface area contributed by atoms with E-state index in [0.29, 0.717) is 0 Å². The SMILES string of the molecule is NS(=O)(=O)c1cccc(-c2ccc(I)cc2)c1. The average Bonchev–Trinajstić information content (AvgIpc) is 2.29. The maximum absolute atomic E-state index is 11.2. The summed E-state index contributed by atoms with van der Waals surface area (Å²) in [7, 11) is -3.64. The third-order valence-corrected chi connectivity index (χ3v) is 3.97. The van der Waals surface area contributed by atoms with E-state index in [1.54, 1.807) is 12.1 Å². The van der Waals surface area contributed by atoms with E-state index in [4.69, 9.17) is 5.14 Å². The van der Waals surface area contributed by atoms with Gasteiger partial charge in [0, 0.05) is 3.57 Å². The summed E-state index contributed by atoms with van der Waals surface area (Å²) in [5.41, 5.74) is 1.81. The Labute approximate surface area is 114 Å². The second-order valence-corrected chi connectivity index (χ2v) is 6.39. The van der Waals surface area contributed by atoms with Gasteiger partial charge in [-0.15, -0.1) is 0 Å². The summed E-state index contributed by atoms with van der Waals surface area (Å²) in [6.45, 7) is 0. The van der Waals surface area contributed by atoms with Crippen LogP contribution in [-0.2, 0) is 10.0 Å². The van der Waals surface area contributed by atoms with Crippen molar-refractivity contribution in [3.8, 4) is 11.1 Å². The van der Waals surface area contributed by atoms with Crippen molar-refractivity contribution >= 4 is 32.6 Å². The van der Waals surface area contributed by atoms with Crippen molar-refractivity contribution in [2.24, 2.45) is 5.14 Å². The lowest BCUT2D eigenvalue weighted by molar-refractivity contribution is 0.598. The first kappa shape index (κ1) is 12.5. The number of sulfonamides is 1. The van der Waals surface area contributed by atoms with Crippen molar-refractivity contribution in [2.45, 2.75) is 4.90 Å². The molecule has 0 radical (unpaired) electrons. The summed E-state index contributed by atoms with van der Waals surface area (Å²) < 4.78 is 23.6. The van der Waals surface area contributed by atoms with Crippen LogP contribution < -0.4 is 5.14 Å². The molecule has 0 aliphatic heterocycles. The molecule has 0 aliphatic carbocycles. The smallest absolute Gasteiger partial charge is 0.225 e. The van der Waals surface area contributed by atoms with Gasteiger partial charge >= 0.3 is 0 Å². The molecule has 0 unspecified atom stereocenters. The van der Waals surface area contributed by atoms with Crippen molar-refractivity contribution in [2.75, 3.05) is 0 Å². The van der Waals surface area contributed by atoms with Crippen molar-refractivity contribution < 1.29 is 8.42 Å². The molecule has 0 saturated carbocycles. The van der Waals surface area contributed by atoms with Crippen LogP contribution in [-0.4, -0.2) is 8.42 Å². The summed E-state index contributed by atoms with van der Waals surface area (Å²) in [5, 5.41) is 5.10. The Bertz CT molecular complexity index is 636. The Kier molecular flexibility index (Phi) is 3.50. The number of benzene rings is 2. The second-order valence-electron chi connectivity index (χ2n) is 3.58. The highest BCUT2D eigenvalue weighted by Crippen LogP contribution is 2.22. The molecule has 2 N–H and O–H groups in total. The lowest BCUT2D eigenvalue weighted by Gasteiger charge is -2.04. The molecule has 2 aromatic rings. The molecule has 0 heterocycles. The highest BCUT2D eigenvalue weighted by molar-refractivity contribution is 14.1. The van der Waals surface area contributed by atoms with Crippen LogP contribution in [0.1, 0.15) is 0 Å². The van der Waals surface area contributed by atoms with Gasteiger partial charge in [-0.05, 0) is 58.0 Å². The van der Waals surface area contributed by atoms with Gasteiger partial charge in [-0.25, -0.2) is 13.6 Å². The minimum Gasteiger partial charge on any atom is -0.225 e. The summed E-state index contributed by atoms with van der Waals surface area (Å²) >= 11 is 2.22. The van der Waals surface area contributed by atoms with Crippen LogP contribution in [0.5, 0.6) is 0 Å². The third-order valence-electron chi connectivity index (χ3n) is 2.34. The van der Waals surface area contributed by atoms with Gasteiger partial charge in [0.2, 0.25) is 10.0 Å². The molecule has 0 amide bonds. The van der Waals surface area contributed by atoms with Crippen molar-refractivity contribution in [1.29, 1.82) is 0 Å². The fourth-order valence-corrected chi connectivity index (χ4v) is 2.41. The molecule has 2 rings (SSSR count). The Morgan fingerprint density at radius 3 is 2.18 bits per heavy atom. The number of hydrogen-bond donors (Lipinski definition) is 1. The molecule has 88 valence electrons.